The van der Waals surface area contributed by atoms with Gasteiger partial charge in [0.25, 0.3) is 5.91 Å². The highest BCUT2D eigenvalue weighted by Gasteiger charge is 2.54. The lowest BCUT2D eigenvalue weighted by Gasteiger charge is -2.50. The second-order valence-electron chi connectivity index (χ2n) is 6.87. The van der Waals surface area contributed by atoms with Gasteiger partial charge >= 0.3 is 0 Å². The lowest BCUT2D eigenvalue weighted by atomic mass is 9.78. The molecule has 7 heteroatoms. The molecule has 0 unspecified atom stereocenters. The van der Waals surface area contributed by atoms with Crippen molar-refractivity contribution in [1.29, 1.82) is 0 Å². The Kier molecular flexibility index (Phi) is 4.43. The zero-order valence-corrected chi connectivity index (χ0v) is 15.1. The molecule has 2 aromatic heterocycles. The van der Waals surface area contributed by atoms with Crippen molar-refractivity contribution >= 4 is 23.2 Å². The average molecular weight is 358 g/mol. The van der Waals surface area contributed by atoms with Gasteiger partial charge in [-0.05, 0) is 42.7 Å². The van der Waals surface area contributed by atoms with Gasteiger partial charge in [0.05, 0.1) is 18.7 Å². The van der Waals surface area contributed by atoms with E-state index in [0.717, 1.165) is 37.1 Å². The third kappa shape index (κ3) is 3.26. The van der Waals surface area contributed by atoms with Crippen LogP contribution in [0.5, 0.6) is 0 Å². The Labute approximate surface area is 151 Å². The van der Waals surface area contributed by atoms with Gasteiger partial charge in [-0.2, -0.15) is 11.3 Å². The number of nitrogens with zero attached hydrogens (tertiary/aromatic N) is 3. The van der Waals surface area contributed by atoms with Crippen LogP contribution in [0.3, 0.4) is 0 Å². The predicted molar refractivity (Wildman–Crippen MR) is 96.9 cm³/mol. The molecule has 1 spiro atoms. The Hall–Kier alpha value is -1.99. The first kappa shape index (κ1) is 16.5. The van der Waals surface area contributed by atoms with Gasteiger partial charge in [-0.25, -0.2) is 9.97 Å². The van der Waals surface area contributed by atoms with Crippen LogP contribution in [0, 0.1) is 12.8 Å². The smallest absolute Gasteiger partial charge is 0.254 e. The number of amides is 1. The summed E-state index contributed by atoms with van der Waals surface area (Å²) >= 11 is 1.56. The molecule has 2 aromatic rings. The maximum Gasteiger partial charge on any atom is 0.254 e. The fourth-order valence-corrected chi connectivity index (χ4v) is 4.33. The number of thiophene rings is 1. The SMILES string of the molecule is Cc1cnc(NCC[C@@H]2CCOC23CN(C(=O)c2ccsc2)C3)nc1. The first-order valence-corrected chi connectivity index (χ1v) is 9.58. The van der Waals surface area contributed by atoms with Crippen molar-refractivity contribution < 1.29 is 9.53 Å². The Morgan fingerprint density at radius 3 is 2.96 bits per heavy atom. The van der Waals surface area contributed by atoms with Crippen molar-refractivity contribution in [2.24, 2.45) is 5.92 Å². The number of anilines is 1. The van der Waals surface area contributed by atoms with Gasteiger partial charge in [0, 0.05) is 30.9 Å². The first-order valence-electron chi connectivity index (χ1n) is 8.64. The van der Waals surface area contributed by atoms with Crippen LogP contribution >= 0.6 is 11.3 Å². The van der Waals surface area contributed by atoms with E-state index in [1.807, 2.05) is 41.0 Å². The Balaban J connectivity index is 1.29. The third-order valence-electron chi connectivity index (χ3n) is 5.13. The molecular weight excluding hydrogens is 336 g/mol. The number of hydrogen-bond donors (Lipinski definition) is 1. The van der Waals surface area contributed by atoms with Crippen molar-refractivity contribution in [3.8, 4) is 0 Å². The standard InChI is InChI=1S/C18H22N4O2S/c1-13-8-20-17(21-9-13)19-5-2-15-3-6-24-18(15)11-22(12-18)16(23)14-4-7-25-10-14/h4,7-10,15H,2-3,5-6,11-12H2,1H3,(H,19,20,21)/t15-/m1/s1. The molecule has 0 saturated carbocycles. The number of nitrogens with one attached hydrogen (secondary N) is 1. The molecule has 1 amide bonds. The molecule has 4 heterocycles. The van der Waals surface area contributed by atoms with Crippen molar-refractivity contribution in [2.75, 3.05) is 31.6 Å². The van der Waals surface area contributed by atoms with Crippen molar-refractivity contribution in [1.82, 2.24) is 14.9 Å². The molecular formula is C18H22N4O2S. The van der Waals surface area contributed by atoms with Gasteiger partial charge in [-0.1, -0.05) is 0 Å². The van der Waals surface area contributed by atoms with Gasteiger partial charge in [-0.3, -0.25) is 4.79 Å². The topological polar surface area (TPSA) is 67.4 Å². The van der Waals surface area contributed by atoms with E-state index in [1.54, 1.807) is 11.3 Å². The molecule has 4 rings (SSSR count). The normalized spacial score (nSPS) is 21.3. The van der Waals surface area contributed by atoms with E-state index in [-0.39, 0.29) is 11.5 Å². The van der Waals surface area contributed by atoms with Gasteiger partial charge in [0.15, 0.2) is 0 Å². The molecule has 0 radical (unpaired) electrons. The van der Waals surface area contributed by atoms with Crippen molar-refractivity contribution in [3.63, 3.8) is 0 Å². The highest BCUT2D eigenvalue weighted by atomic mass is 32.1. The summed E-state index contributed by atoms with van der Waals surface area (Å²) in [5, 5.41) is 7.13. The molecule has 1 atom stereocenters. The minimum Gasteiger partial charge on any atom is -0.371 e. The van der Waals surface area contributed by atoms with Crippen LogP contribution in [0.15, 0.2) is 29.2 Å². The maximum atomic E-state index is 12.4. The summed E-state index contributed by atoms with van der Waals surface area (Å²) in [4.78, 5) is 22.9. The summed E-state index contributed by atoms with van der Waals surface area (Å²) in [6.07, 6.45) is 5.68. The molecule has 2 aliphatic heterocycles. The zero-order chi connectivity index (χ0) is 17.3. The first-order chi connectivity index (χ1) is 12.2. The zero-order valence-electron chi connectivity index (χ0n) is 14.3. The van der Waals surface area contributed by atoms with E-state index < -0.39 is 0 Å². The van der Waals surface area contributed by atoms with Crippen LogP contribution in [0.4, 0.5) is 5.95 Å². The van der Waals surface area contributed by atoms with Gasteiger partial charge < -0.3 is 15.0 Å². The Morgan fingerprint density at radius 2 is 2.24 bits per heavy atom. The van der Waals surface area contributed by atoms with E-state index in [4.69, 9.17) is 4.74 Å². The van der Waals surface area contributed by atoms with Crippen LogP contribution in [-0.4, -0.2) is 52.6 Å². The molecule has 2 aliphatic rings. The molecule has 0 bridgehead atoms. The lowest BCUT2D eigenvalue weighted by Crippen LogP contribution is -2.66. The minimum atomic E-state index is -0.151. The highest BCUT2D eigenvalue weighted by Crippen LogP contribution is 2.42. The van der Waals surface area contributed by atoms with Crippen LogP contribution in [-0.2, 0) is 4.74 Å². The number of likely N-dealkylation sites (tertiary alicyclic amines) is 1. The summed E-state index contributed by atoms with van der Waals surface area (Å²) in [7, 11) is 0. The quantitative estimate of drug-likeness (QED) is 0.890. The van der Waals surface area contributed by atoms with E-state index in [1.165, 1.54) is 0 Å². The Morgan fingerprint density at radius 1 is 1.44 bits per heavy atom. The highest BCUT2D eigenvalue weighted by molar-refractivity contribution is 7.08. The number of rotatable bonds is 5. The summed E-state index contributed by atoms with van der Waals surface area (Å²) in [6, 6.07) is 1.89. The predicted octanol–water partition coefficient (Wildman–Crippen LogP) is 2.58. The number of aromatic nitrogens is 2. The minimum absolute atomic E-state index is 0.118. The van der Waals surface area contributed by atoms with E-state index in [0.29, 0.717) is 25.0 Å². The lowest BCUT2D eigenvalue weighted by molar-refractivity contribution is -0.117. The summed E-state index contributed by atoms with van der Waals surface area (Å²) in [6.45, 7) is 4.98. The number of carbonyl (C=O) groups excluding carboxylic acids is 1. The molecule has 0 aliphatic carbocycles. The third-order valence-corrected chi connectivity index (χ3v) is 5.81. The largest absolute Gasteiger partial charge is 0.371 e. The molecule has 2 saturated heterocycles. The van der Waals surface area contributed by atoms with Crippen LogP contribution in [0.1, 0.15) is 28.8 Å². The van der Waals surface area contributed by atoms with Gasteiger partial charge in [0.2, 0.25) is 5.95 Å². The number of ether oxygens (including phenoxy) is 1. The number of carbonyl (C=O) groups is 1. The molecule has 0 aromatic carbocycles. The number of hydrogen-bond acceptors (Lipinski definition) is 6. The maximum absolute atomic E-state index is 12.4. The number of aryl methyl sites for hydroxylation is 1. The molecule has 1 N–H and O–H groups in total. The molecule has 2 fully saturated rings. The summed E-state index contributed by atoms with van der Waals surface area (Å²) in [5.41, 5.74) is 1.69. The van der Waals surface area contributed by atoms with Crippen LogP contribution in [0.2, 0.25) is 0 Å². The fourth-order valence-electron chi connectivity index (χ4n) is 3.70. The summed E-state index contributed by atoms with van der Waals surface area (Å²) in [5.74, 6) is 1.26. The second-order valence-corrected chi connectivity index (χ2v) is 7.65. The van der Waals surface area contributed by atoms with E-state index in [2.05, 4.69) is 15.3 Å². The van der Waals surface area contributed by atoms with E-state index in [9.17, 15) is 4.79 Å². The van der Waals surface area contributed by atoms with Crippen LogP contribution < -0.4 is 5.32 Å². The van der Waals surface area contributed by atoms with Crippen molar-refractivity contribution in [2.45, 2.75) is 25.4 Å². The molecule has 6 nitrogen and oxygen atoms in total. The van der Waals surface area contributed by atoms with Crippen LogP contribution in [0.25, 0.3) is 0 Å². The monoisotopic (exact) mass is 358 g/mol. The second kappa shape index (κ2) is 6.72. The molecule has 25 heavy (non-hydrogen) atoms. The average Bonchev–Trinajstić information content (AvgIpc) is 3.24. The Bertz CT molecular complexity index is 726. The van der Waals surface area contributed by atoms with Gasteiger partial charge in [0.1, 0.15) is 5.60 Å². The van der Waals surface area contributed by atoms with Crippen molar-refractivity contribution in [3.05, 3.63) is 40.3 Å². The van der Waals surface area contributed by atoms with E-state index >= 15 is 0 Å². The van der Waals surface area contributed by atoms with Gasteiger partial charge in [-0.15, -0.1) is 0 Å². The molecule has 132 valence electrons. The summed E-state index contributed by atoms with van der Waals surface area (Å²) < 4.78 is 6.05. The fraction of sp³-hybridized carbons (Fsp3) is 0.500.